The largest absolute Gasteiger partial charge is 0.345 e. The van der Waals surface area contributed by atoms with Gasteiger partial charge in [-0.15, -0.1) is 0 Å². The Bertz CT molecular complexity index is 536. The maximum atomic E-state index is 11.9. The molecule has 1 aromatic rings. The third-order valence-electron chi connectivity index (χ3n) is 2.72. The van der Waals surface area contributed by atoms with Crippen LogP contribution in [-0.2, 0) is 9.59 Å². The van der Waals surface area contributed by atoms with E-state index in [1.807, 2.05) is 0 Å². The Kier molecular flexibility index (Phi) is 3.84. The van der Waals surface area contributed by atoms with E-state index in [1.165, 1.54) is 4.90 Å². The van der Waals surface area contributed by atoms with Gasteiger partial charge in [-0.05, 0) is 35.0 Å². The second-order valence-electron chi connectivity index (χ2n) is 3.85. The average Bonchev–Trinajstić information content (AvgIpc) is 2.34. The van der Waals surface area contributed by atoms with Crippen LogP contribution in [0.2, 0.25) is 10.0 Å². The first-order valence-corrected chi connectivity index (χ1v) is 6.71. The van der Waals surface area contributed by atoms with Crippen molar-refractivity contribution < 1.29 is 9.59 Å². The van der Waals surface area contributed by atoms with E-state index in [0.29, 0.717) is 15.2 Å². The first-order valence-electron chi connectivity index (χ1n) is 5.16. The summed E-state index contributed by atoms with van der Waals surface area (Å²) in [5, 5.41) is 3.08. The zero-order valence-electron chi connectivity index (χ0n) is 9.34. The van der Waals surface area contributed by atoms with Crippen molar-refractivity contribution in [2.24, 2.45) is 0 Å². The monoisotopic (exact) mass is 350 g/mol. The Morgan fingerprint density at radius 2 is 2.00 bits per heavy atom. The summed E-state index contributed by atoms with van der Waals surface area (Å²) in [6.45, 7) is 1.60. The summed E-state index contributed by atoms with van der Waals surface area (Å²) >= 11 is 15.4. The summed E-state index contributed by atoms with van der Waals surface area (Å²) in [7, 11) is 0. The molecule has 0 saturated carbocycles. The highest BCUT2D eigenvalue weighted by Crippen LogP contribution is 2.38. The molecule has 0 spiro atoms. The number of nitrogens with zero attached hydrogens (tertiary/aromatic N) is 1. The van der Waals surface area contributed by atoms with Gasteiger partial charge in [-0.1, -0.05) is 23.2 Å². The number of halogens is 3. The number of piperazine rings is 1. The summed E-state index contributed by atoms with van der Waals surface area (Å²) in [6.07, 6.45) is 0. The van der Waals surface area contributed by atoms with E-state index in [-0.39, 0.29) is 23.4 Å². The van der Waals surface area contributed by atoms with Crippen molar-refractivity contribution in [3.8, 4) is 0 Å². The minimum absolute atomic E-state index is 0.0345. The first kappa shape index (κ1) is 13.6. The zero-order valence-corrected chi connectivity index (χ0v) is 12.4. The lowest BCUT2D eigenvalue weighted by atomic mass is 10.1. The second-order valence-corrected chi connectivity index (χ2v) is 5.46. The first-order chi connectivity index (χ1) is 8.43. The molecule has 1 atom stereocenters. The molecule has 0 bridgehead atoms. The van der Waals surface area contributed by atoms with Crippen LogP contribution in [0.4, 0.5) is 5.69 Å². The number of carbonyl (C=O) groups excluding carboxylic acids is 2. The molecule has 1 aliphatic rings. The number of amides is 2. The Morgan fingerprint density at radius 1 is 1.33 bits per heavy atom. The van der Waals surface area contributed by atoms with E-state index in [2.05, 4.69) is 21.2 Å². The fraction of sp³-hybridized carbons (Fsp3) is 0.273. The predicted molar refractivity (Wildman–Crippen MR) is 74.1 cm³/mol. The van der Waals surface area contributed by atoms with Crippen LogP contribution in [0.1, 0.15) is 6.92 Å². The fourth-order valence-corrected chi connectivity index (χ4v) is 2.63. The van der Waals surface area contributed by atoms with E-state index < -0.39 is 6.04 Å². The van der Waals surface area contributed by atoms with Gasteiger partial charge in [0.15, 0.2) is 0 Å². The van der Waals surface area contributed by atoms with E-state index >= 15 is 0 Å². The summed E-state index contributed by atoms with van der Waals surface area (Å²) < 4.78 is 0.638. The van der Waals surface area contributed by atoms with Gasteiger partial charge in [-0.2, -0.15) is 0 Å². The van der Waals surface area contributed by atoms with Crippen molar-refractivity contribution in [3.63, 3.8) is 0 Å². The van der Waals surface area contributed by atoms with E-state index in [1.54, 1.807) is 19.1 Å². The molecular formula is C11H9BrCl2N2O2. The normalized spacial score (nSPS) is 20.0. The predicted octanol–water partition coefficient (Wildman–Crippen LogP) is 2.61. The smallest absolute Gasteiger partial charge is 0.247 e. The Labute approximate surface area is 122 Å². The molecule has 0 radical (unpaired) electrons. The SMILES string of the molecule is CC1C(=O)NCC(=O)N1c1ccc(Br)c(Cl)c1Cl. The summed E-state index contributed by atoms with van der Waals surface area (Å²) in [5.41, 5.74) is 0.442. The molecule has 2 rings (SSSR count). The lowest BCUT2D eigenvalue weighted by Gasteiger charge is -2.33. The number of rotatable bonds is 1. The van der Waals surface area contributed by atoms with Crippen LogP contribution in [0, 0.1) is 0 Å². The van der Waals surface area contributed by atoms with Crippen LogP contribution in [-0.4, -0.2) is 24.4 Å². The molecule has 1 aromatic carbocycles. The number of anilines is 1. The van der Waals surface area contributed by atoms with Crippen molar-refractivity contribution in [1.82, 2.24) is 5.32 Å². The highest BCUT2D eigenvalue weighted by molar-refractivity contribution is 9.10. The minimum Gasteiger partial charge on any atom is -0.345 e. The van der Waals surface area contributed by atoms with Crippen LogP contribution < -0.4 is 10.2 Å². The number of benzene rings is 1. The molecule has 1 saturated heterocycles. The van der Waals surface area contributed by atoms with E-state index in [9.17, 15) is 9.59 Å². The van der Waals surface area contributed by atoms with Crippen molar-refractivity contribution >= 4 is 56.6 Å². The molecule has 0 aromatic heterocycles. The van der Waals surface area contributed by atoms with Gasteiger partial charge >= 0.3 is 0 Å². The molecule has 96 valence electrons. The maximum absolute atomic E-state index is 11.9. The molecule has 1 heterocycles. The number of carbonyl (C=O) groups is 2. The molecule has 0 aliphatic carbocycles. The highest BCUT2D eigenvalue weighted by atomic mass is 79.9. The third-order valence-corrected chi connectivity index (χ3v) is 4.48. The summed E-state index contributed by atoms with van der Waals surface area (Å²) in [4.78, 5) is 24.9. The van der Waals surface area contributed by atoms with Gasteiger partial charge in [0, 0.05) is 4.47 Å². The van der Waals surface area contributed by atoms with Gasteiger partial charge in [0.05, 0.1) is 22.3 Å². The second kappa shape index (κ2) is 5.07. The van der Waals surface area contributed by atoms with Crippen molar-refractivity contribution in [1.29, 1.82) is 0 Å². The third kappa shape index (κ3) is 2.22. The van der Waals surface area contributed by atoms with Crippen molar-refractivity contribution in [2.45, 2.75) is 13.0 Å². The van der Waals surface area contributed by atoms with Gasteiger partial charge < -0.3 is 5.32 Å². The lowest BCUT2D eigenvalue weighted by Crippen LogP contribution is -2.57. The highest BCUT2D eigenvalue weighted by Gasteiger charge is 2.33. The van der Waals surface area contributed by atoms with Crippen LogP contribution in [0.5, 0.6) is 0 Å². The van der Waals surface area contributed by atoms with Gasteiger partial charge in [0.25, 0.3) is 0 Å². The fourth-order valence-electron chi connectivity index (χ4n) is 1.77. The average molecular weight is 352 g/mol. The van der Waals surface area contributed by atoms with Gasteiger partial charge in [0.1, 0.15) is 6.04 Å². The van der Waals surface area contributed by atoms with Gasteiger partial charge in [-0.3, -0.25) is 14.5 Å². The minimum atomic E-state index is -0.610. The van der Waals surface area contributed by atoms with Crippen LogP contribution >= 0.6 is 39.1 Å². The molecule has 1 fully saturated rings. The molecule has 1 aliphatic heterocycles. The number of nitrogens with one attached hydrogen (secondary N) is 1. The molecule has 1 unspecified atom stereocenters. The number of hydrogen-bond donors (Lipinski definition) is 1. The Hall–Kier alpha value is -0.780. The lowest BCUT2D eigenvalue weighted by molar-refractivity contribution is -0.130. The van der Waals surface area contributed by atoms with E-state index in [0.717, 1.165) is 0 Å². The molecule has 4 nitrogen and oxygen atoms in total. The molecule has 18 heavy (non-hydrogen) atoms. The van der Waals surface area contributed by atoms with Crippen LogP contribution in [0.25, 0.3) is 0 Å². The molecule has 2 amide bonds. The van der Waals surface area contributed by atoms with E-state index in [4.69, 9.17) is 23.2 Å². The summed E-state index contributed by atoms with van der Waals surface area (Å²) in [5.74, 6) is -0.438. The van der Waals surface area contributed by atoms with Crippen LogP contribution in [0.15, 0.2) is 16.6 Å². The maximum Gasteiger partial charge on any atom is 0.247 e. The Morgan fingerprint density at radius 3 is 2.67 bits per heavy atom. The Balaban J connectivity index is 2.50. The van der Waals surface area contributed by atoms with Crippen LogP contribution in [0.3, 0.4) is 0 Å². The quantitative estimate of drug-likeness (QED) is 0.790. The van der Waals surface area contributed by atoms with Crippen molar-refractivity contribution in [3.05, 3.63) is 26.7 Å². The molecule has 1 N–H and O–H groups in total. The topological polar surface area (TPSA) is 49.4 Å². The molecule has 7 heteroatoms. The number of hydrogen-bond acceptors (Lipinski definition) is 2. The van der Waals surface area contributed by atoms with Gasteiger partial charge in [-0.25, -0.2) is 0 Å². The van der Waals surface area contributed by atoms with Gasteiger partial charge in [0.2, 0.25) is 11.8 Å². The summed E-state index contributed by atoms with van der Waals surface area (Å²) in [6, 6.07) is 2.74. The zero-order chi connectivity index (χ0) is 13.4. The standard InChI is InChI=1S/C11H9BrCl2N2O2/c1-5-11(18)15-4-8(17)16(5)7-3-2-6(12)9(13)10(7)14/h2-3,5H,4H2,1H3,(H,15,18). The molecular weight excluding hydrogens is 343 g/mol. The van der Waals surface area contributed by atoms with Crippen molar-refractivity contribution in [2.75, 3.05) is 11.4 Å².